The summed E-state index contributed by atoms with van der Waals surface area (Å²) in [6, 6.07) is 38.7. The van der Waals surface area contributed by atoms with Gasteiger partial charge in [0.05, 0.1) is 32.6 Å². The monoisotopic (exact) mass is 528 g/mol. The van der Waals surface area contributed by atoms with Crippen molar-refractivity contribution >= 4 is 37.5 Å². The molecule has 4 nitrogen and oxygen atoms in total. The standard InChI is InChI=1S/C35H20N4S/c1-2-9-24-23(8-1)25-17-16-21(20-28(25)27-12-7-19-37-33(27)32-26(24)11-6-18-36-32)22-10-5-15-31-34(22)40-35-38-29-13-3-4-14-30(29)39(31)35/h1-20H. The lowest BCUT2D eigenvalue weighted by molar-refractivity contribution is 1.25. The zero-order valence-corrected chi connectivity index (χ0v) is 22.1. The number of aromatic nitrogens is 4. The Morgan fingerprint density at radius 3 is 1.95 bits per heavy atom. The molecule has 0 atom stereocenters. The number of hydrogen-bond donors (Lipinski definition) is 0. The Morgan fingerprint density at radius 2 is 1.12 bits per heavy atom. The second-order valence-electron chi connectivity index (χ2n) is 10.1. The molecule has 0 bridgehead atoms. The van der Waals surface area contributed by atoms with Gasteiger partial charge < -0.3 is 0 Å². The molecular weight excluding hydrogens is 508 g/mol. The molecule has 9 rings (SSSR count). The Labute approximate surface area is 233 Å². The van der Waals surface area contributed by atoms with E-state index >= 15 is 0 Å². The smallest absolute Gasteiger partial charge is 0.195 e. The second kappa shape index (κ2) is 8.18. The van der Waals surface area contributed by atoms with Gasteiger partial charge in [0, 0.05) is 29.1 Å². The van der Waals surface area contributed by atoms with E-state index in [-0.39, 0.29) is 0 Å². The summed E-state index contributed by atoms with van der Waals surface area (Å²) >= 11 is 1.75. The van der Waals surface area contributed by atoms with Crippen LogP contribution in [0.15, 0.2) is 122 Å². The number of hydrogen-bond acceptors (Lipinski definition) is 4. The average molecular weight is 529 g/mol. The number of imidazole rings is 1. The molecule has 0 aliphatic heterocycles. The molecule has 1 aliphatic rings. The molecule has 4 aromatic heterocycles. The first kappa shape index (κ1) is 21.8. The Morgan fingerprint density at radius 1 is 0.500 bits per heavy atom. The molecular formula is C35H20N4S. The largest absolute Gasteiger partial charge is 0.283 e. The van der Waals surface area contributed by atoms with Gasteiger partial charge in [0.1, 0.15) is 0 Å². The second-order valence-corrected chi connectivity index (χ2v) is 11.1. The SMILES string of the molecule is c1ccc2c(c1)-c1ccc(-c3cccc4c3sc3nc5ccccc5n34)cc1-c1cccnc1-c1ncccc1-2. The van der Waals surface area contributed by atoms with E-state index in [0.29, 0.717) is 0 Å². The summed E-state index contributed by atoms with van der Waals surface area (Å²) in [4.78, 5) is 15.6. The van der Waals surface area contributed by atoms with Crippen molar-refractivity contribution < 1.29 is 0 Å². The third-order valence-electron chi connectivity index (χ3n) is 7.93. The molecule has 1 aliphatic carbocycles. The molecule has 0 fully saturated rings. The highest BCUT2D eigenvalue weighted by atomic mass is 32.1. The van der Waals surface area contributed by atoms with Crippen LogP contribution in [0.3, 0.4) is 0 Å². The molecule has 186 valence electrons. The van der Waals surface area contributed by atoms with Crippen LogP contribution in [0.5, 0.6) is 0 Å². The van der Waals surface area contributed by atoms with Crippen LogP contribution in [0, 0.1) is 0 Å². The highest BCUT2D eigenvalue weighted by Gasteiger charge is 2.24. The van der Waals surface area contributed by atoms with Crippen molar-refractivity contribution in [3.05, 3.63) is 122 Å². The van der Waals surface area contributed by atoms with Crippen molar-refractivity contribution in [2.45, 2.75) is 0 Å². The van der Waals surface area contributed by atoms with Crippen LogP contribution in [0.25, 0.3) is 82.1 Å². The first-order valence-corrected chi connectivity index (χ1v) is 14.1. The summed E-state index contributed by atoms with van der Waals surface area (Å²) in [6.45, 7) is 0. The van der Waals surface area contributed by atoms with Crippen LogP contribution in [-0.2, 0) is 0 Å². The van der Waals surface area contributed by atoms with Crippen molar-refractivity contribution in [2.75, 3.05) is 0 Å². The van der Waals surface area contributed by atoms with Gasteiger partial charge in [0.15, 0.2) is 4.96 Å². The molecule has 0 saturated heterocycles. The zero-order valence-electron chi connectivity index (χ0n) is 21.2. The Bertz CT molecular complexity index is 2290. The van der Waals surface area contributed by atoms with E-state index in [1.54, 1.807) is 11.3 Å². The van der Waals surface area contributed by atoms with Crippen LogP contribution in [0.1, 0.15) is 0 Å². The van der Waals surface area contributed by atoms with Crippen molar-refractivity contribution in [1.82, 2.24) is 19.4 Å². The molecule has 0 spiro atoms. The van der Waals surface area contributed by atoms with E-state index in [9.17, 15) is 0 Å². The van der Waals surface area contributed by atoms with Crippen molar-refractivity contribution in [3.8, 4) is 55.9 Å². The summed E-state index contributed by atoms with van der Waals surface area (Å²) < 4.78 is 3.52. The van der Waals surface area contributed by atoms with E-state index in [1.165, 1.54) is 38.0 Å². The molecule has 0 N–H and O–H groups in total. The van der Waals surface area contributed by atoms with Crippen molar-refractivity contribution in [2.24, 2.45) is 0 Å². The Kier molecular flexibility index (Phi) is 4.45. The van der Waals surface area contributed by atoms with Gasteiger partial charge in [-0.3, -0.25) is 14.4 Å². The van der Waals surface area contributed by atoms with Gasteiger partial charge in [-0.25, -0.2) is 4.98 Å². The molecule has 5 heteroatoms. The third kappa shape index (κ3) is 2.98. The van der Waals surface area contributed by atoms with E-state index < -0.39 is 0 Å². The fourth-order valence-electron chi connectivity index (χ4n) is 6.18. The maximum atomic E-state index is 4.92. The average Bonchev–Trinajstić information content (AvgIpc) is 3.56. The highest BCUT2D eigenvalue weighted by Crippen LogP contribution is 2.47. The highest BCUT2D eigenvalue weighted by molar-refractivity contribution is 7.24. The number of fused-ring (bicyclic) bond motifs is 13. The normalized spacial score (nSPS) is 12.0. The third-order valence-corrected chi connectivity index (χ3v) is 9.02. The number of benzene rings is 4. The van der Waals surface area contributed by atoms with Crippen LogP contribution in [0.4, 0.5) is 0 Å². The minimum absolute atomic E-state index is 0.908. The van der Waals surface area contributed by atoms with Gasteiger partial charge in [-0.15, -0.1) is 0 Å². The van der Waals surface area contributed by atoms with Crippen LogP contribution in [-0.4, -0.2) is 19.4 Å². The molecule has 8 aromatic rings. The lowest BCUT2D eigenvalue weighted by Crippen LogP contribution is -2.00. The van der Waals surface area contributed by atoms with E-state index in [0.717, 1.165) is 44.1 Å². The summed E-state index contributed by atoms with van der Waals surface area (Å²) in [5.74, 6) is 0. The van der Waals surface area contributed by atoms with Gasteiger partial charge in [-0.1, -0.05) is 84.1 Å². The minimum atomic E-state index is 0.908. The number of nitrogens with zero attached hydrogens (tertiary/aromatic N) is 4. The van der Waals surface area contributed by atoms with Gasteiger partial charge >= 0.3 is 0 Å². The molecule has 4 heterocycles. The van der Waals surface area contributed by atoms with E-state index in [2.05, 4.69) is 95.4 Å². The summed E-state index contributed by atoms with van der Waals surface area (Å²) in [6.07, 6.45) is 3.72. The molecule has 0 amide bonds. The topological polar surface area (TPSA) is 43.1 Å². The fraction of sp³-hybridized carbons (Fsp3) is 0. The van der Waals surface area contributed by atoms with Crippen molar-refractivity contribution in [1.29, 1.82) is 0 Å². The maximum Gasteiger partial charge on any atom is 0.195 e. The van der Waals surface area contributed by atoms with Crippen molar-refractivity contribution in [3.63, 3.8) is 0 Å². The number of thiazole rings is 1. The first-order valence-electron chi connectivity index (χ1n) is 13.3. The first-order chi connectivity index (χ1) is 19.8. The summed E-state index contributed by atoms with van der Waals surface area (Å²) in [5, 5.41) is 0. The quantitative estimate of drug-likeness (QED) is 0.213. The predicted molar refractivity (Wildman–Crippen MR) is 164 cm³/mol. The number of para-hydroxylation sites is 2. The van der Waals surface area contributed by atoms with Crippen LogP contribution >= 0.6 is 11.3 Å². The van der Waals surface area contributed by atoms with Gasteiger partial charge in [0.2, 0.25) is 0 Å². The zero-order chi connectivity index (χ0) is 26.2. The van der Waals surface area contributed by atoms with Crippen LogP contribution < -0.4 is 0 Å². The summed E-state index contributed by atoms with van der Waals surface area (Å²) in [7, 11) is 0. The number of pyridine rings is 2. The predicted octanol–water partition coefficient (Wildman–Crippen LogP) is 9.14. The van der Waals surface area contributed by atoms with Crippen LogP contribution in [0.2, 0.25) is 0 Å². The molecule has 0 radical (unpaired) electrons. The van der Waals surface area contributed by atoms with Gasteiger partial charge in [-0.05, 0) is 64.2 Å². The lowest BCUT2D eigenvalue weighted by Gasteiger charge is -2.22. The van der Waals surface area contributed by atoms with Gasteiger partial charge in [-0.2, -0.15) is 0 Å². The van der Waals surface area contributed by atoms with Gasteiger partial charge in [0.25, 0.3) is 0 Å². The van der Waals surface area contributed by atoms with E-state index in [4.69, 9.17) is 15.0 Å². The molecule has 4 aromatic carbocycles. The maximum absolute atomic E-state index is 4.92. The molecule has 0 unspecified atom stereocenters. The molecule has 40 heavy (non-hydrogen) atoms. The Balaban J connectivity index is 1.34. The van der Waals surface area contributed by atoms with E-state index in [1.807, 2.05) is 30.6 Å². The fourth-order valence-corrected chi connectivity index (χ4v) is 7.35. The Hall–Kier alpha value is -5.13. The number of rotatable bonds is 1. The minimum Gasteiger partial charge on any atom is -0.283 e. The summed E-state index contributed by atoms with van der Waals surface area (Å²) in [5.41, 5.74) is 14.5. The molecule has 0 saturated carbocycles. The lowest BCUT2D eigenvalue weighted by atomic mass is 9.83.